The molecule has 0 aliphatic heterocycles. The Hall–Kier alpha value is -6.91. The maximum absolute atomic E-state index is 12.5. The monoisotopic (exact) mass is 688 g/mol. The van der Waals surface area contributed by atoms with Gasteiger partial charge in [-0.1, -0.05) is 24.3 Å². The van der Waals surface area contributed by atoms with Crippen LogP contribution in [0.4, 0.5) is 45.5 Å². The predicted molar refractivity (Wildman–Crippen MR) is 185 cm³/mol. The van der Waals surface area contributed by atoms with Crippen molar-refractivity contribution in [2.24, 2.45) is 30.7 Å². The van der Waals surface area contributed by atoms with Crippen LogP contribution in [0, 0.1) is 10.1 Å². The van der Waals surface area contributed by atoms with Gasteiger partial charge in [0.1, 0.15) is 22.0 Å². The first-order valence-electron chi connectivity index (χ1n) is 14.5. The highest BCUT2D eigenvalue weighted by Gasteiger charge is 2.24. The van der Waals surface area contributed by atoms with Crippen LogP contribution in [0.3, 0.4) is 0 Å². The van der Waals surface area contributed by atoms with Gasteiger partial charge in [-0.2, -0.15) is 28.9 Å². The summed E-state index contributed by atoms with van der Waals surface area (Å²) in [5.74, 6) is -0.467. The summed E-state index contributed by atoms with van der Waals surface area (Å²) in [4.78, 5) is 9.62. The molecule has 6 rings (SSSR count). The molecule has 248 valence electrons. The number of anilines is 1. The number of nitro groups is 1. The van der Waals surface area contributed by atoms with Gasteiger partial charge < -0.3 is 15.9 Å². The number of rotatable bonds is 9. The first kappa shape index (κ1) is 33.0. The molecular formula is C34H24N8O7S. The Bertz CT molecular complexity index is 2430. The fraction of sp³-hybridized carbons (Fsp3) is 0. The second-order valence-corrected chi connectivity index (χ2v) is 12.0. The molecule has 0 aromatic heterocycles. The van der Waals surface area contributed by atoms with Crippen LogP contribution in [0.5, 0.6) is 11.5 Å². The van der Waals surface area contributed by atoms with Gasteiger partial charge in [-0.05, 0) is 90.0 Å². The first-order valence-corrected chi connectivity index (χ1v) is 15.9. The molecule has 5 N–H and O–H groups in total. The van der Waals surface area contributed by atoms with E-state index in [1.54, 1.807) is 48.5 Å². The number of benzene rings is 6. The summed E-state index contributed by atoms with van der Waals surface area (Å²) in [6.45, 7) is 0. The third-order valence-corrected chi connectivity index (χ3v) is 8.17. The van der Waals surface area contributed by atoms with Crippen LogP contribution in [-0.2, 0) is 10.1 Å². The number of hydrogen-bond donors (Lipinski definition) is 4. The molecule has 0 spiro atoms. The molecule has 0 bridgehead atoms. The molecule has 0 fully saturated rings. The van der Waals surface area contributed by atoms with Crippen molar-refractivity contribution in [1.82, 2.24) is 0 Å². The van der Waals surface area contributed by atoms with Crippen molar-refractivity contribution < 1.29 is 28.1 Å². The lowest BCUT2D eigenvalue weighted by Crippen LogP contribution is -1.99. The molecule has 0 saturated carbocycles. The number of azo groups is 3. The second kappa shape index (κ2) is 13.7. The first-order chi connectivity index (χ1) is 24.0. The lowest BCUT2D eigenvalue weighted by molar-refractivity contribution is -0.384. The Labute approximate surface area is 283 Å². The summed E-state index contributed by atoms with van der Waals surface area (Å²) < 4.78 is 35.0. The number of fused-ring (bicyclic) bond motifs is 1. The molecule has 6 aromatic rings. The summed E-state index contributed by atoms with van der Waals surface area (Å²) in [6, 6.07) is 29.6. The SMILES string of the molecule is Nc1ccc2c(O)c(N=Nc3ccc(-c4ccc(N=Nc5ccc(O)cc5)cc4)cc3)c(S(=O)(=O)O)cc2c1N=Nc1ccc([N+](=O)[O-])cc1. The van der Waals surface area contributed by atoms with Crippen molar-refractivity contribution in [3.05, 3.63) is 125 Å². The van der Waals surface area contributed by atoms with Crippen molar-refractivity contribution in [2.75, 3.05) is 5.73 Å². The van der Waals surface area contributed by atoms with E-state index < -0.39 is 31.4 Å². The average molecular weight is 689 g/mol. The second-order valence-electron chi connectivity index (χ2n) is 10.6. The number of hydrogen-bond acceptors (Lipinski definition) is 13. The average Bonchev–Trinajstić information content (AvgIpc) is 3.10. The topological polar surface area (TPSA) is 238 Å². The van der Waals surface area contributed by atoms with Crippen molar-refractivity contribution in [3.63, 3.8) is 0 Å². The van der Waals surface area contributed by atoms with Gasteiger partial charge in [0.2, 0.25) is 0 Å². The molecule has 0 radical (unpaired) electrons. The lowest BCUT2D eigenvalue weighted by atomic mass is 10.1. The van der Waals surface area contributed by atoms with Crippen LogP contribution < -0.4 is 5.73 Å². The molecule has 0 amide bonds. The van der Waals surface area contributed by atoms with Crippen LogP contribution >= 0.6 is 0 Å². The summed E-state index contributed by atoms with van der Waals surface area (Å²) in [7, 11) is -4.94. The smallest absolute Gasteiger partial charge is 0.296 e. The Morgan fingerprint density at radius 2 is 1.02 bits per heavy atom. The molecule has 0 unspecified atom stereocenters. The Morgan fingerprint density at radius 1 is 0.580 bits per heavy atom. The quantitative estimate of drug-likeness (QED) is 0.0373. The van der Waals surface area contributed by atoms with E-state index in [0.717, 1.165) is 17.2 Å². The van der Waals surface area contributed by atoms with Gasteiger partial charge in [0, 0.05) is 22.9 Å². The normalized spacial score (nSPS) is 12.0. The zero-order valence-electron chi connectivity index (χ0n) is 25.6. The molecule has 6 aromatic carbocycles. The molecule has 15 nitrogen and oxygen atoms in total. The van der Waals surface area contributed by atoms with E-state index in [1.807, 2.05) is 12.1 Å². The van der Waals surface area contributed by atoms with Crippen LogP contribution in [0.1, 0.15) is 0 Å². The number of nitrogens with two attached hydrogens (primary N) is 1. The zero-order valence-corrected chi connectivity index (χ0v) is 26.4. The molecule has 0 atom stereocenters. The van der Waals surface area contributed by atoms with Crippen molar-refractivity contribution >= 4 is 66.4 Å². The van der Waals surface area contributed by atoms with Crippen molar-refractivity contribution in [2.45, 2.75) is 4.90 Å². The molecule has 0 aliphatic carbocycles. The van der Waals surface area contributed by atoms with E-state index in [-0.39, 0.29) is 39.3 Å². The third kappa shape index (κ3) is 7.30. The van der Waals surface area contributed by atoms with Crippen molar-refractivity contribution in [1.29, 1.82) is 0 Å². The fourth-order valence-corrected chi connectivity index (χ4v) is 5.41. The maximum atomic E-state index is 12.5. The molecule has 0 saturated heterocycles. The largest absolute Gasteiger partial charge is 0.508 e. The van der Waals surface area contributed by atoms with E-state index in [4.69, 9.17) is 5.73 Å². The van der Waals surface area contributed by atoms with Crippen molar-refractivity contribution in [3.8, 4) is 22.6 Å². The Morgan fingerprint density at radius 3 is 1.50 bits per heavy atom. The predicted octanol–water partition coefficient (Wildman–Crippen LogP) is 9.90. The molecule has 0 heterocycles. The van der Waals surface area contributed by atoms with Gasteiger partial charge >= 0.3 is 0 Å². The number of nitrogen functional groups attached to an aromatic ring is 1. The highest BCUT2D eigenvalue weighted by Crippen LogP contribution is 2.46. The van der Waals surface area contributed by atoms with E-state index >= 15 is 0 Å². The molecule has 50 heavy (non-hydrogen) atoms. The molecular weight excluding hydrogens is 664 g/mol. The number of phenolic OH excluding ortho intramolecular Hbond substituents is 2. The van der Waals surface area contributed by atoms with Crippen LogP contribution in [-0.4, -0.2) is 28.1 Å². The van der Waals surface area contributed by atoms with Gasteiger partial charge in [0.05, 0.1) is 33.4 Å². The zero-order chi connectivity index (χ0) is 35.4. The van der Waals surface area contributed by atoms with Gasteiger partial charge in [-0.3, -0.25) is 14.7 Å². The van der Waals surface area contributed by atoms with Crippen LogP contribution in [0.25, 0.3) is 21.9 Å². The number of nitrogens with zero attached hydrogens (tertiary/aromatic N) is 7. The number of aromatic hydroxyl groups is 2. The summed E-state index contributed by atoms with van der Waals surface area (Å²) in [6.07, 6.45) is 0. The summed E-state index contributed by atoms with van der Waals surface area (Å²) in [5.41, 5.74) is 9.00. The highest BCUT2D eigenvalue weighted by atomic mass is 32.2. The standard InChI is InChI=1S/C34H24N8O7S/c35-30-18-17-28-29(32(30)40-38-24-9-13-26(14-10-24)42(45)46)19-31(50(47,48)49)33(34(28)44)41-39-23-7-3-21(4-8-23)20-1-5-22(6-2-20)36-37-25-11-15-27(43)16-12-25/h1-19,43-44H,35H2,(H,47,48,49). The minimum Gasteiger partial charge on any atom is -0.508 e. The van der Waals surface area contributed by atoms with E-state index in [0.29, 0.717) is 17.1 Å². The minimum absolute atomic E-state index is 0.0198. The highest BCUT2D eigenvalue weighted by molar-refractivity contribution is 7.86. The minimum atomic E-state index is -4.94. The summed E-state index contributed by atoms with van der Waals surface area (Å²) in [5, 5.41) is 56.2. The van der Waals surface area contributed by atoms with Crippen LogP contribution in [0.15, 0.2) is 151 Å². The van der Waals surface area contributed by atoms with Gasteiger partial charge in [0.25, 0.3) is 15.8 Å². The Kier molecular flexibility index (Phi) is 9.03. The van der Waals surface area contributed by atoms with E-state index in [2.05, 4.69) is 30.7 Å². The van der Waals surface area contributed by atoms with E-state index in [9.17, 15) is 33.3 Å². The number of phenols is 2. The molecule has 0 aliphatic rings. The number of non-ortho nitro benzene ring substituents is 1. The lowest BCUT2D eigenvalue weighted by Gasteiger charge is -2.11. The Balaban J connectivity index is 1.26. The van der Waals surface area contributed by atoms with Gasteiger partial charge in [-0.15, -0.1) is 10.2 Å². The fourth-order valence-electron chi connectivity index (χ4n) is 4.76. The van der Waals surface area contributed by atoms with Crippen LogP contribution in [0.2, 0.25) is 0 Å². The van der Waals surface area contributed by atoms with Gasteiger partial charge in [0.15, 0.2) is 5.75 Å². The summed E-state index contributed by atoms with van der Waals surface area (Å²) >= 11 is 0. The third-order valence-electron chi connectivity index (χ3n) is 7.30. The van der Waals surface area contributed by atoms with Gasteiger partial charge in [-0.25, -0.2) is 0 Å². The maximum Gasteiger partial charge on any atom is 0.296 e. The number of nitro benzene ring substituents is 1. The van der Waals surface area contributed by atoms with E-state index in [1.165, 1.54) is 48.5 Å². The molecule has 16 heteroatoms.